The molecule has 0 saturated carbocycles. The number of sulfonamides is 1. The maximum absolute atomic E-state index is 12.9. The standard InChI is InChI=1S/C19H15N3O4S3/c23-16-12-6-5-10-3-1-2-4-11(10)17(12)29(25,26)22-15(16)18(24)21-19-20-13-7-8-27-9-14(13)28-19/h1-6,9,19,22-23H,7-8H2,(H,21,24). The number of nitrogens with zero attached hydrogens (tertiary/aromatic N) is 1. The van der Waals surface area contributed by atoms with Crippen LogP contribution in [-0.4, -0.2) is 36.4 Å². The fraction of sp³-hybridized carbons (Fsp3) is 0.158. The van der Waals surface area contributed by atoms with Gasteiger partial charge in [0.2, 0.25) is 0 Å². The minimum absolute atomic E-state index is 0.0339. The van der Waals surface area contributed by atoms with Crippen LogP contribution in [0.4, 0.5) is 0 Å². The zero-order valence-electron chi connectivity index (χ0n) is 14.9. The van der Waals surface area contributed by atoms with Crippen LogP contribution in [0.3, 0.4) is 0 Å². The summed E-state index contributed by atoms with van der Waals surface area (Å²) in [5.41, 5.74) is 0.0983. The van der Waals surface area contributed by atoms with E-state index < -0.39 is 32.9 Å². The van der Waals surface area contributed by atoms with Crippen molar-refractivity contribution in [2.75, 3.05) is 5.75 Å². The van der Waals surface area contributed by atoms with E-state index in [-0.39, 0.29) is 10.5 Å². The average Bonchev–Trinajstić information content (AvgIpc) is 3.12. The second kappa shape index (κ2) is 6.82. The minimum Gasteiger partial charge on any atom is -0.505 e. The van der Waals surface area contributed by atoms with Crippen LogP contribution in [0, 0.1) is 0 Å². The first-order valence-corrected chi connectivity index (χ1v) is 12.2. The summed E-state index contributed by atoms with van der Waals surface area (Å²) in [6, 6.07) is 10.2. The Balaban J connectivity index is 1.52. The number of fused-ring (bicyclic) bond motifs is 4. The number of aliphatic imine (C=N–C) groups is 1. The number of hydrogen-bond acceptors (Lipinski definition) is 7. The minimum atomic E-state index is -4.04. The van der Waals surface area contributed by atoms with E-state index in [2.05, 4.69) is 15.0 Å². The molecule has 0 saturated heterocycles. The van der Waals surface area contributed by atoms with Gasteiger partial charge in [0.05, 0.1) is 5.71 Å². The fourth-order valence-electron chi connectivity index (χ4n) is 3.48. The molecule has 10 heteroatoms. The van der Waals surface area contributed by atoms with Gasteiger partial charge in [0.25, 0.3) is 15.9 Å². The predicted octanol–water partition coefficient (Wildman–Crippen LogP) is 2.92. The van der Waals surface area contributed by atoms with Gasteiger partial charge < -0.3 is 10.4 Å². The van der Waals surface area contributed by atoms with Crippen LogP contribution >= 0.6 is 23.5 Å². The van der Waals surface area contributed by atoms with E-state index in [0.29, 0.717) is 5.39 Å². The molecule has 2 aromatic carbocycles. The van der Waals surface area contributed by atoms with Gasteiger partial charge in [0, 0.05) is 21.6 Å². The monoisotopic (exact) mass is 445 g/mol. The maximum atomic E-state index is 12.9. The molecule has 7 nitrogen and oxygen atoms in total. The van der Waals surface area contributed by atoms with E-state index in [1.54, 1.807) is 42.1 Å². The molecule has 1 atom stereocenters. The van der Waals surface area contributed by atoms with Crippen LogP contribution in [-0.2, 0) is 14.8 Å². The third-order valence-corrected chi connectivity index (χ3v) is 8.30. The molecule has 3 aliphatic rings. The van der Waals surface area contributed by atoms with E-state index in [1.807, 2.05) is 5.41 Å². The Morgan fingerprint density at radius 2 is 2.07 bits per heavy atom. The Hall–Kier alpha value is -2.43. The summed E-state index contributed by atoms with van der Waals surface area (Å²) in [6.07, 6.45) is 0.830. The number of rotatable bonds is 2. The van der Waals surface area contributed by atoms with Crippen molar-refractivity contribution in [1.82, 2.24) is 10.0 Å². The van der Waals surface area contributed by atoms with Crippen LogP contribution in [0.1, 0.15) is 12.0 Å². The van der Waals surface area contributed by atoms with Crippen molar-refractivity contribution in [2.45, 2.75) is 16.8 Å². The third kappa shape index (κ3) is 3.11. The highest BCUT2D eigenvalue weighted by molar-refractivity contribution is 8.07. The van der Waals surface area contributed by atoms with Crippen LogP contribution in [0.25, 0.3) is 16.5 Å². The summed E-state index contributed by atoms with van der Waals surface area (Å²) < 4.78 is 28.1. The van der Waals surface area contributed by atoms with Gasteiger partial charge in [-0.1, -0.05) is 42.1 Å². The number of hydrogen-bond donors (Lipinski definition) is 3. The lowest BCUT2D eigenvalue weighted by molar-refractivity contribution is -0.117. The summed E-state index contributed by atoms with van der Waals surface area (Å²) in [4.78, 5) is 18.2. The number of aliphatic hydroxyl groups is 1. The third-order valence-electron chi connectivity index (χ3n) is 4.80. The Kier molecular flexibility index (Phi) is 4.37. The Morgan fingerprint density at radius 3 is 2.90 bits per heavy atom. The summed E-state index contributed by atoms with van der Waals surface area (Å²) in [5, 5.41) is 16.6. The van der Waals surface area contributed by atoms with Crippen molar-refractivity contribution >= 4 is 61.7 Å². The molecular weight excluding hydrogens is 430 g/mol. The van der Waals surface area contributed by atoms with Gasteiger partial charge in [-0.3, -0.25) is 14.5 Å². The molecule has 1 unspecified atom stereocenters. The summed E-state index contributed by atoms with van der Waals surface area (Å²) in [5.74, 6) is -0.181. The van der Waals surface area contributed by atoms with Crippen molar-refractivity contribution in [3.8, 4) is 0 Å². The summed E-state index contributed by atoms with van der Waals surface area (Å²) in [6.45, 7) is 0. The second-order valence-electron chi connectivity index (χ2n) is 6.61. The van der Waals surface area contributed by atoms with Crippen molar-refractivity contribution in [3.63, 3.8) is 0 Å². The molecular formula is C19H15N3O4S3. The predicted molar refractivity (Wildman–Crippen MR) is 116 cm³/mol. The first kappa shape index (κ1) is 18.6. The number of thioether (sulfide) groups is 2. The number of carbonyl (C=O) groups is 1. The van der Waals surface area contributed by atoms with Gasteiger partial charge in [-0.2, -0.15) is 0 Å². The van der Waals surface area contributed by atoms with Gasteiger partial charge in [-0.25, -0.2) is 8.42 Å². The number of allylic oxidation sites excluding steroid dienone is 1. The summed E-state index contributed by atoms with van der Waals surface area (Å²) >= 11 is 3.09. The van der Waals surface area contributed by atoms with E-state index >= 15 is 0 Å². The first-order valence-electron chi connectivity index (χ1n) is 8.78. The Labute approximate surface area is 175 Å². The maximum Gasteiger partial charge on any atom is 0.274 e. The van der Waals surface area contributed by atoms with Crippen molar-refractivity contribution in [3.05, 3.63) is 58.0 Å². The van der Waals surface area contributed by atoms with Gasteiger partial charge in [-0.05, 0) is 23.3 Å². The molecule has 0 fully saturated rings. The smallest absolute Gasteiger partial charge is 0.274 e. The zero-order chi connectivity index (χ0) is 20.2. The second-order valence-corrected chi connectivity index (χ2v) is 10.3. The lowest BCUT2D eigenvalue weighted by atomic mass is 10.0. The molecule has 0 bridgehead atoms. The zero-order valence-corrected chi connectivity index (χ0v) is 17.3. The molecule has 3 heterocycles. The van der Waals surface area contributed by atoms with Crippen molar-refractivity contribution < 1.29 is 18.3 Å². The highest BCUT2D eigenvalue weighted by Gasteiger charge is 2.35. The fourth-order valence-corrected chi connectivity index (χ4v) is 6.99. The van der Waals surface area contributed by atoms with E-state index in [1.165, 1.54) is 17.8 Å². The molecule has 2 aromatic rings. The molecule has 148 valence electrons. The molecule has 5 rings (SSSR count). The number of nitrogens with one attached hydrogen (secondary N) is 2. The highest BCUT2D eigenvalue weighted by atomic mass is 32.2. The Bertz CT molecular complexity index is 1260. The van der Waals surface area contributed by atoms with Crippen LogP contribution in [0.5, 0.6) is 0 Å². The quantitative estimate of drug-likeness (QED) is 0.656. The largest absolute Gasteiger partial charge is 0.505 e. The van der Waals surface area contributed by atoms with Gasteiger partial charge in [-0.15, -0.1) is 11.8 Å². The molecule has 0 aliphatic carbocycles. The molecule has 0 radical (unpaired) electrons. The number of carbonyl (C=O) groups excluding carboxylic acids is 1. The number of amides is 1. The van der Waals surface area contributed by atoms with E-state index in [9.17, 15) is 18.3 Å². The first-order chi connectivity index (χ1) is 13.9. The normalized spacial score (nSPS) is 22.3. The number of benzene rings is 2. The van der Waals surface area contributed by atoms with Crippen LogP contribution in [0.2, 0.25) is 0 Å². The molecule has 29 heavy (non-hydrogen) atoms. The molecule has 0 spiro atoms. The summed E-state index contributed by atoms with van der Waals surface area (Å²) in [7, 11) is -4.04. The molecule has 3 N–H and O–H groups in total. The molecule has 3 aliphatic heterocycles. The van der Waals surface area contributed by atoms with Gasteiger partial charge >= 0.3 is 0 Å². The van der Waals surface area contributed by atoms with Crippen LogP contribution < -0.4 is 10.0 Å². The lowest BCUT2D eigenvalue weighted by Crippen LogP contribution is -2.40. The molecule has 1 amide bonds. The van der Waals surface area contributed by atoms with Crippen molar-refractivity contribution in [1.29, 1.82) is 0 Å². The number of aliphatic hydroxyl groups excluding tert-OH is 1. The van der Waals surface area contributed by atoms with Crippen LogP contribution in [0.15, 0.2) is 62.3 Å². The topological polar surface area (TPSA) is 108 Å². The van der Waals surface area contributed by atoms with Gasteiger partial charge in [0.15, 0.2) is 17.0 Å². The lowest BCUT2D eigenvalue weighted by Gasteiger charge is -2.23. The Morgan fingerprint density at radius 1 is 1.24 bits per heavy atom. The van der Waals surface area contributed by atoms with E-state index in [4.69, 9.17) is 0 Å². The van der Waals surface area contributed by atoms with E-state index in [0.717, 1.165) is 28.2 Å². The SMILES string of the molecule is O=C(NC1N=C2CCSC=C2S1)C1=C(O)c2ccc3ccccc3c2S(=O)(=O)N1. The highest BCUT2D eigenvalue weighted by Crippen LogP contribution is 2.38. The van der Waals surface area contributed by atoms with Gasteiger partial charge in [0.1, 0.15) is 4.90 Å². The average molecular weight is 446 g/mol. The van der Waals surface area contributed by atoms with Crippen molar-refractivity contribution in [2.24, 2.45) is 4.99 Å². The molecule has 0 aromatic heterocycles.